The van der Waals surface area contributed by atoms with Crippen molar-refractivity contribution in [1.82, 2.24) is 15.0 Å². The van der Waals surface area contributed by atoms with Gasteiger partial charge in [-0.15, -0.1) is 0 Å². The smallest absolute Gasteiger partial charge is 0.271 e. The third kappa shape index (κ3) is 2.67. The summed E-state index contributed by atoms with van der Waals surface area (Å²) in [5.74, 6) is -0.256. The highest BCUT2D eigenvalue weighted by molar-refractivity contribution is 6.00. The average Bonchev–Trinajstić information content (AvgIpc) is 2.85. The summed E-state index contributed by atoms with van der Waals surface area (Å²) in [6.45, 7) is 0. The Labute approximate surface area is 121 Å². The number of hydrogen-bond donors (Lipinski definition) is 1. The SMILES string of the molecule is Cn1cc(C=NNC(=O)c2ccncc2)c2ccccc21. The van der Waals surface area contributed by atoms with Crippen molar-refractivity contribution in [2.24, 2.45) is 12.1 Å². The maximum atomic E-state index is 11.8. The van der Waals surface area contributed by atoms with Crippen LogP contribution in [0.3, 0.4) is 0 Å². The van der Waals surface area contributed by atoms with E-state index in [-0.39, 0.29) is 5.91 Å². The molecule has 0 spiro atoms. The number of hydrogen-bond acceptors (Lipinski definition) is 3. The monoisotopic (exact) mass is 278 g/mol. The number of rotatable bonds is 3. The molecular formula is C16H14N4O. The molecule has 1 amide bonds. The Morgan fingerprint density at radius 1 is 1.24 bits per heavy atom. The largest absolute Gasteiger partial charge is 0.350 e. The van der Waals surface area contributed by atoms with Crippen molar-refractivity contribution < 1.29 is 4.79 Å². The van der Waals surface area contributed by atoms with Gasteiger partial charge in [0.05, 0.1) is 6.21 Å². The second kappa shape index (κ2) is 5.58. The maximum Gasteiger partial charge on any atom is 0.271 e. The van der Waals surface area contributed by atoms with Crippen molar-refractivity contribution in [3.63, 3.8) is 0 Å². The number of aryl methyl sites for hydroxylation is 1. The van der Waals surface area contributed by atoms with Crippen molar-refractivity contribution in [3.05, 3.63) is 66.1 Å². The third-order valence-electron chi connectivity index (χ3n) is 3.24. The fourth-order valence-corrected chi connectivity index (χ4v) is 2.20. The van der Waals surface area contributed by atoms with Gasteiger partial charge in [-0.3, -0.25) is 9.78 Å². The number of hydrazone groups is 1. The van der Waals surface area contributed by atoms with E-state index in [0.717, 1.165) is 16.5 Å². The first-order valence-corrected chi connectivity index (χ1v) is 6.53. The topological polar surface area (TPSA) is 59.3 Å². The summed E-state index contributed by atoms with van der Waals surface area (Å²) in [6, 6.07) is 11.3. The Kier molecular flexibility index (Phi) is 3.47. The third-order valence-corrected chi connectivity index (χ3v) is 3.24. The van der Waals surface area contributed by atoms with Gasteiger partial charge in [-0.1, -0.05) is 18.2 Å². The van der Waals surface area contributed by atoms with Crippen LogP contribution >= 0.6 is 0 Å². The number of pyridine rings is 1. The molecule has 0 unspecified atom stereocenters. The summed E-state index contributed by atoms with van der Waals surface area (Å²) in [4.78, 5) is 15.7. The number of nitrogens with one attached hydrogen (secondary N) is 1. The molecule has 0 aliphatic heterocycles. The van der Waals surface area contributed by atoms with Crippen LogP contribution in [0, 0.1) is 0 Å². The zero-order valence-corrected chi connectivity index (χ0v) is 11.5. The van der Waals surface area contributed by atoms with Gasteiger partial charge < -0.3 is 4.57 Å². The molecule has 2 heterocycles. The van der Waals surface area contributed by atoms with Crippen LogP contribution in [-0.4, -0.2) is 21.7 Å². The average molecular weight is 278 g/mol. The van der Waals surface area contributed by atoms with Crippen LogP contribution in [0.15, 0.2) is 60.1 Å². The summed E-state index contributed by atoms with van der Waals surface area (Å²) in [5, 5.41) is 5.12. The number of nitrogens with zero attached hydrogens (tertiary/aromatic N) is 3. The quantitative estimate of drug-likeness (QED) is 0.590. The lowest BCUT2D eigenvalue weighted by atomic mass is 10.2. The molecule has 2 aromatic heterocycles. The van der Waals surface area contributed by atoms with Crippen molar-refractivity contribution in [3.8, 4) is 0 Å². The van der Waals surface area contributed by atoms with Crippen LogP contribution in [0.5, 0.6) is 0 Å². The van der Waals surface area contributed by atoms with Gasteiger partial charge in [0.25, 0.3) is 5.91 Å². The van der Waals surface area contributed by atoms with Crippen LogP contribution in [0.2, 0.25) is 0 Å². The Morgan fingerprint density at radius 2 is 2.00 bits per heavy atom. The summed E-state index contributed by atoms with van der Waals surface area (Å²) < 4.78 is 2.03. The molecule has 5 nitrogen and oxygen atoms in total. The van der Waals surface area contributed by atoms with Crippen molar-refractivity contribution >= 4 is 23.0 Å². The van der Waals surface area contributed by atoms with Crippen LogP contribution in [0.4, 0.5) is 0 Å². The Morgan fingerprint density at radius 3 is 2.81 bits per heavy atom. The summed E-state index contributed by atoms with van der Waals surface area (Å²) in [6.07, 6.45) is 6.78. The fraction of sp³-hybridized carbons (Fsp3) is 0.0625. The van der Waals surface area contributed by atoms with E-state index in [1.807, 2.05) is 42.1 Å². The van der Waals surface area contributed by atoms with Crippen molar-refractivity contribution in [2.75, 3.05) is 0 Å². The van der Waals surface area contributed by atoms with E-state index in [1.54, 1.807) is 30.7 Å². The van der Waals surface area contributed by atoms with E-state index >= 15 is 0 Å². The van der Waals surface area contributed by atoms with Gasteiger partial charge >= 0.3 is 0 Å². The number of benzene rings is 1. The number of fused-ring (bicyclic) bond motifs is 1. The number of carbonyl (C=O) groups is 1. The second-order valence-electron chi connectivity index (χ2n) is 4.65. The first-order valence-electron chi connectivity index (χ1n) is 6.53. The lowest BCUT2D eigenvalue weighted by Crippen LogP contribution is -2.17. The summed E-state index contributed by atoms with van der Waals surface area (Å²) in [5.41, 5.74) is 5.13. The minimum absolute atomic E-state index is 0.256. The van der Waals surface area contributed by atoms with Gasteiger partial charge in [0.15, 0.2) is 0 Å². The zero-order chi connectivity index (χ0) is 14.7. The fourth-order valence-electron chi connectivity index (χ4n) is 2.20. The molecule has 1 aromatic carbocycles. The minimum atomic E-state index is -0.256. The van der Waals surface area contributed by atoms with Gasteiger partial charge in [-0.25, -0.2) is 5.43 Å². The molecule has 0 saturated carbocycles. The Hall–Kier alpha value is -2.95. The van der Waals surface area contributed by atoms with Crippen LogP contribution in [-0.2, 0) is 7.05 Å². The van der Waals surface area contributed by atoms with E-state index in [0.29, 0.717) is 5.56 Å². The van der Waals surface area contributed by atoms with E-state index in [4.69, 9.17) is 0 Å². The van der Waals surface area contributed by atoms with Gasteiger partial charge in [0, 0.05) is 47.7 Å². The predicted molar refractivity (Wildman–Crippen MR) is 82.2 cm³/mol. The van der Waals surface area contributed by atoms with Crippen LogP contribution in [0.25, 0.3) is 10.9 Å². The number of para-hydroxylation sites is 1. The maximum absolute atomic E-state index is 11.8. The van der Waals surface area contributed by atoms with E-state index < -0.39 is 0 Å². The Bertz CT molecular complexity index is 806. The second-order valence-corrected chi connectivity index (χ2v) is 4.65. The van der Waals surface area contributed by atoms with Crippen LogP contribution in [0.1, 0.15) is 15.9 Å². The van der Waals surface area contributed by atoms with E-state index in [1.165, 1.54) is 0 Å². The molecule has 104 valence electrons. The highest BCUT2D eigenvalue weighted by atomic mass is 16.2. The van der Waals surface area contributed by atoms with Crippen LogP contribution < -0.4 is 5.43 Å². The molecule has 0 radical (unpaired) electrons. The first kappa shape index (κ1) is 13.1. The highest BCUT2D eigenvalue weighted by Gasteiger charge is 2.04. The number of aromatic nitrogens is 2. The molecule has 0 aliphatic carbocycles. The minimum Gasteiger partial charge on any atom is -0.350 e. The van der Waals surface area contributed by atoms with Gasteiger partial charge in [0.1, 0.15) is 0 Å². The van der Waals surface area contributed by atoms with Crippen molar-refractivity contribution in [1.29, 1.82) is 0 Å². The summed E-state index contributed by atoms with van der Waals surface area (Å²) >= 11 is 0. The molecule has 0 fully saturated rings. The zero-order valence-electron chi connectivity index (χ0n) is 11.5. The molecular weight excluding hydrogens is 264 g/mol. The number of amides is 1. The first-order chi connectivity index (χ1) is 10.3. The van der Waals surface area contributed by atoms with Crippen molar-refractivity contribution in [2.45, 2.75) is 0 Å². The molecule has 3 aromatic rings. The highest BCUT2D eigenvalue weighted by Crippen LogP contribution is 2.18. The molecule has 21 heavy (non-hydrogen) atoms. The van der Waals surface area contributed by atoms with Gasteiger partial charge in [0.2, 0.25) is 0 Å². The van der Waals surface area contributed by atoms with E-state index in [2.05, 4.69) is 15.5 Å². The van der Waals surface area contributed by atoms with E-state index in [9.17, 15) is 4.79 Å². The lowest BCUT2D eigenvalue weighted by Gasteiger charge is -1.98. The lowest BCUT2D eigenvalue weighted by molar-refractivity contribution is 0.0955. The van der Waals surface area contributed by atoms with Gasteiger partial charge in [-0.2, -0.15) is 5.10 Å². The standard InChI is InChI=1S/C16H14N4O/c1-20-11-13(14-4-2-3-5-15(14)20)10-18-19-16(21)12-6-8-17-9-7-12/h2-11H,1H3,(H,19,21). The molecule has 1 N–H and O–H groups in total. The number of carbonyl (C=O) groups excluding carboxylic acids is 1. The summed E-state index contributed by atoms with van der Waals surface area (Å²) in [7, 11) is 1.98. The molecule has 0 atom stereocenters. The van der Waals surface area contributed by atoms with Gasteiger partial charge in [-0.05, 0) is 18.2 Å². The normalized spacial score (nSPS) is 11.1. The molecule has 0 saturated heterocycles. The molecule has 0 bridgehead atoms. The molecule has 5 heteroatoms. The molecule has 3 rings (SSSR count). The predicted octanol–water partition coefficient (Wildman–Crippen LogP) is 2.34. The molecule has 0 aliphatic rings. The Balaban J connectivity index is 1.78.